The maximum absolute atomic E-state index is 8.66. The fourth-order valence-electron chi connectivity index (χ4n) is 6.81. The van der Waals surface area contributed by atoms with Crippen molar-refractivity contribution in [1.29, 1.82) is 0 Å². The number of thiophene rings is 1. The normalized spacial score (nSPS) is 12.4. The lowest BCUT2D eigenvalue weighted by molar-refractivity contribution is 1.64. The average Bonchev–Trinajstić information content (AvgIpc) is 3.48. The zero-order valence-electron chi connectivity index (χ0n) is 25.3. The lowest BCUT2D eigenvalue weighted by Gasteiger charge is -2.18. The van der Waals surface area contributed by atoms with Crippen LogP contribution in [-0.4, -0.2) is 0 Å². The van der Waals surface area contributed by atoms with Gasteiger partial charge in [-0.15, -0.1) is 11.3 Å². The zero-order chi connectivity index (χ0) is 30.1. The molecule has 0 amide bonds. The van der Waals surface area contributed by atoms with E-state index in [1.807, 2.05) is 24.3 Å². The Kier molecular flexibility index (Phi) is 5.03. The van der Waals surface area contributed by atoms with Gasteiger partial charge in [0.1, 0.15) is 0 Å². The molecule has 8 aromatic carbocycles. The van der Waals surface area contributed by atoms with E-state index in [-0.39, 0.29) is 0 Å². The summed E-state index contributed by atoms with van der Waals surface area (Å²) in [5.41, 5.74) is 7.13. The fourth-order valence-corrected chi connectivity index (χ4v) is 7.91. The van der Waals surface area contributed by atoms with E-state index in [9.17, 15) is 0 Å². The Morgan fingerprint density at radius 3 is 1.81 bits per heavy atom. The highest BCUT2D eigenvalue weighted by Gasteiger charge is 2.18. The van der Waals surface area contributed by atoms with Crippen LogP contribution in [0.15, 0.2) is 158 Å². The lowest BCUT2D eigenvalue weighted by atomic mass is 9.85. The van der Waals surface area contributed by atoms with Gasteiger partial charge < -0.3 is 0 Å². The SMILES string of the molecule is [2H]c1ccc2cc(-c3c4ccccc4c(-c4cccc(-c5ccc([2H])c6sc7ccccc7c56)c4)c4ccccc34)ccc2c1. The van der Waals surface area contributed by atoms with Crippen molar-refractivity contribution in [3.63, 3.8) is 0 Å². The van der Waals surface area contributed by atoms with Gasteiger partial charge >= 0.3 is 0 Å². The van der Waals surface area contributed by atoms with Crippen LogP contribution in [0.3, 0.4) is 0 Å². The monoisotopic (exact) mass is 564 g/mol. The summed E-state index contributed by atoms with van der Waals surface area (Å²) in [4.78, 5) is 0. The van der Waals surface area contributed by atoms with Crippen molar-refractivity contribution in [3.8, 4) is 33.4 Å². The van der Waals surface area contributed by atoms with E-state index in [1.165, 1.54) is 59.3 Å². The molecule has 0 saturated carbocycles. The van der Waals surface area contributed by atoms with Crippen molar-refractivity contribution >= 4 is 63.8 Å². The highest BCUT2D eigenvalue weighted by molar-refractivity contribution is 7.25. The van der Waals surface area contributed by atoms with Crippen LogP contribution in [0.4, 0.5) is 0 Å². The van der Waals surface area contributed by atoms with Crippen LogP contribution in [0.25, 0.3) is 85.9 Å². The number of benzene rings is 8. The fraction of sp³-hybridized carbons (Fsp3) is 0. The number of rotatable bonds is 3. The summed E-state index contributed by atoms with van der Waals surface area (Å²) < 4.78 is 19.0. The largest absolute Gasteiger partial charge is 0.135 e. The number of hydrogen-bond donors (Lipinski definition) is 0. The van der Waals surface area contributed by atoms with Gasteiger partial charge in [0, 0.05) is 20.2 Å². The van der Waals surface area contributed by atoms with Gasteiger partial charge in [-0.25, -0.2) is 0 Å². The molecular formula is C42H26S. The van der Waals surface area contributed by atoms with Crippen molar-refractivity contribution in [1.82, 2.24) is 0 Å². The van der Waals surface area contributed by atoms with E-state index < -0.39 is 0 Å². The summed E-state index contributed by atoms with van der Waals surface area (Å²) in [6.07, 6.45) is 0. The topological polar surface area (TPSA) is 0 Å². The molecule has 0 atom stereocenters. The summed E-state index contributed by atoms with van der Waals surface area (Å²) in [5.74, 6) is 0. The second-order valence-electron chi connectivity index (χ2n) is 11.1. The molecular weight excluding hydrogens is 537 g/mol. The lowest BCUT2D eigenvalue weighted by Crippen LogP contribution is -1.91. The van der Waals surface area contributed by atoms with Crippen LogP contribution in [0.2, 0.25) is 0 Å². The van der Waals surface area contributed by atoms with Gasteiger partial charge in [-0.1, -0.05) is 133 Å². The molecule has 0 aliphatic carbocycles. The van der Waals surface area contributed by atoms with Crippen molar-refractivity contribution in [2.75, 3.05) is 0 Å². The van der Waals surface area contributed by atoms with Gasteiger partial charge in [0.15, 0.2) is 0 Å². The quantitative estimate of drug-likeness (QED) is 0.187. The number of hydrogen-bond acceptors (Lipinski definition) is 1. The first-order valence-electron chi connectivity index (χ1n) is 15.6. The van der Waals surface area contributed by atoms with Crippen LogP contribution >= 0.6 is 11.3 Å². The maximum Gasteiger partial charge on any atom is 0.0638 e. The van der Waals surface area contributed by atoms with Gasteiger partial charge in [0.2, 0.25) is 0 Å². The van der Waals surface area contributed by atoms with Crippen LogP contribution < -0.4 is 0 Å². The molecule has 0 spiro atoms. The van der Waals surface area contributed by atoms with Crippen molar-refractivity contribution in [3.05, 3.63) is 158 Å². The summed E-state index contributed by atoms with van der Waals surface area (Å²) in [6, 6.07) is 52.6. The third kappa shape index (κ3) is 3.82. The maximum atomic E-state index is 8.66. The molecule has 0 aliphatic rings. The van der Waals surface area contributed by atoms with Gasteiger partial charge in [-0.05, 0) is 89.9 Å². The molecule has 0 aliphatic heterocycles. The summed E-state index contributed by atoms with van der Waals surface area (Å²) >= 11 is 1.71. The Labute approximate surface area is 256 Å². The molecule has 0 saturated heterocycles. The minimum Gasteiger partial charge on any atom is -0.135 e. The van der Waals surface area contributed by atoms with Crippen LogP contribution in [0.5, 0.6) is 0 Å². The Hall–Kier alpha value is -5.24. The van der Waals surface area contributed by atoms with Crippen molar-refractivity contribution in [2.24, 2.45) is 0 Å². The molecule has 0 N–H and O–H groups in total. The molecule has 0 radical (unpaired) electrons. The molecule has 9 aromatic rings. The molecule has 0 bridgehead atoms. The van der Waals surface area contributed by atoms with Gasteiger partial charge in [0.05, 0.1) is 2.74 Å². The predicted molar refractivity (Wildman–Crippen MR) is 188 cm³/mol. The molecule has 1 aromatic heterocycles. The Bertz CT molecular complexity index is 2570. The molecule has 1 heteroatoms. The first kappa shape index (κ1) is 22.4. The third-order valence-corrected chi connectivity index (χ3v) is 9.80. The van der Waals surface area contributed by atoms with Crippen LogP contribution in [-0.2, 0) is 0 Å². The smallest absolute Gasteiger partial charge is 0.0638 e. The van der Waals surface area contributed by atoms with Gasteiger partial charge in [0.25, 0.3) is 0 Å². The van der Waals surface area contributed by atoms with Gasteiger partial charge in [-0.2, -0.15) is 0 Å². The molecule has 43 heavy (non-hydrogen) atoms. The van der Waals surface area contributed by atoms with E-state index in [2.05, 4.69) is 121 Å². The molecule has 9 rings (SSSR count). The minimum atomic E-state index is 0.529. The number of fused-ring (bicyclic) bond motifs is 6. The Morgan fingerprint density at radius 2 is 1.07 bits per heavy atom. The first-order chi connectivity index (χ1) is 22.1. The molecule has 1 heterocycles. The van der Waals surface area contributed by atoms with E-state index in [0.717, 1.165) is 26.6 Å². The second kappa shape index (κ2) is 9.66. The molecule has 200 valence electrons. The standard InChI is InChI=1S/C42H26S/c1-2-12-28-25-31(24-23-27(28)11-1)41-35-17-5-3-15-33(35)40(34-16-4-6-18-36(34)41)30-14-9-13-29(26-30)32-20-10-22-39-42(32)37-19-7-8-21-38(37)43-39/h1-26H/i1D,22D. The molecule has 0 fully saturated rings. The predicted octanol–water partition coefficient (Wildman–Crippen LogP) is 12.5. The third-order valence-electron chi connectivity index (χ3n) is 8.70. The van der Waals surface area contributed by atoms with Gasteiger partial charge in [-0.3, -0.25) is 0 Å². The summed E-state index contributed by atoms with van der Waals surface area (Å²) in [7, 11) is 0. The van der Waals surface area contributed by atoms with E-state index in [0.29, 0.717) is 12.1 Å². The summed E-state index contributed by atoms with van der Waals surface area (Å²) in [6.45, 7) is 0. The van der Waals surface area contributed by atoms with E-state index in [1.54, 1.807) is 11.3 Å². The van der Waals surface area contributed by atoms with Crippen LogP contribution in [0.1, 0.15) is 2.74 Å². The summed E-state index contributed by atoms with van der Waals surface area (Å²) in [5, 5.41) is 9.48. The van der Waals surface area contributed by atoms with E-state index in [4.69, 9.17) is 2.74 Å². The highest BCUT2D eigenvalue weighted by atomic mass is 32.1. The second-order valence-corrected chi connectivity index (χ2v) is 12.2. The Morgan fingerprint density at radius 1 is 0.419 bits per heavy atom. The van der Waals surface area contributed by atoms with Crippen molar-refractivity contribution in [2.45, 2.75) is 0 Å². The van der Waals surface area contributed by atoms with E-state index >= 15 is 0 Å². The first-order valence-corrected chi connectivity index (χ1v) is 15.4. The Balaban J connectivity index is 1.31. The van der Waals surface area contributed by atoms with Crippen molar-refractivity contribution < 1.29 is 2.74 Å². The van der Waals surface area contributed by atoms with Crippen LogP contribution in [0, 0.1) is 0 Å². The zero-order valence-corrected chi connectivity index (χ0v) is 24.1. The minimum absolute atomic E-state index is 0.529. The molecule has 0 nitrogen and oxygen atoms in total. The average molecular weight is 565 g/mol. The highest BCUT2D eigenvalue weighted by Crippen LogP contribution is 2.45. The molecule has 0 unspecified atom stereocenters.